The Hall–Kier alpha value is -0.420. The van der Waals surface area contributed by atoms with Crippen LogP contribution in [0.5, 0.6) is 0 Å². The quantitative estimate of drug-likeness (QED) is 0.764. The highest BCUT2D eigenvalue weighted by atomic mass is 32.1. The lowest BCUT2D eigenvalue weighted by atomic mass is 10.2. The van der Waals surface area contributed by atoms with E-state index < -0.39 is 0 Å². The summed E-state index contributed by atoms with van der Waals surface area (Å²) in [5.74, 6) is 0. The minimum Gasteiger partial charge on any atom is -0.380 e. The van der Waals surface area contributed by atoms with E-state index in [1.165, 1.54) is 11.3 Å². The molecule has 0 aliphatic carbocycles. The Morgan fingerprint density at radius 3 is 3.25 bits per heavy atom. The van der Waals surface area contributed by atoms with Gasteiger partial charge in [-0.2, -0.15) is 0 Å². The minimum atomic E-state index is 0.628. The third-order valence-corrected chi connectivity index (χ3v) is 3.93. The Balaban J connectivity index is 1.57. The maximum absolute atomic E-state index is 5.38. The molecule has 1 unspecified atom stereocenters. The van der Waals surface area contributed by atoms with Gasteiger partial charge in [0, 0.05) is 37.2 Å². The van der Waals surface area contributed by atoms with Crippen LogP contribution in [-0.4, -0.2) is 44.3 Å². The summed E-state index contributed by atoms with van der Waals surface area (Å²) in [4.78, 5) is 3.81. The maximum atomic E-state index is 5.38. The molecule has 1 aromatic rings. The zero-order chi connectivity index (χ0) is 11.2. The summed E-state index contributed by atoms with van der Waals surface area (Å²) < 4.78 is 5.38. The first-order valence-electron chi connectivity index (χ1n) is 5.87. The molecule has 1 fully saturated rings. The maximum Gasteiger partial charge on any atom is 0.0622 e. The lowest BCUT2D eigenvalue weighted by molar-refractivity contribution is 0.159. The lowest BCUT2D eigenvalue weighted by Gasteiger charge is -2.22. The first kappa shape index (κ1) is 12.0. The van der Waals surface area contributed by atoms with Gasteiger partial charge in [0.25, 0.3) is 0 Å². The van der Waals surface area contributed by atoms with Gasteiger partial charge in [0.15, 0.2) is 0 Å². The molecule has 0 saturated carbocycles. The average molecular weight is 240 g/mol. The number of ether oxygens (including phenoxy) is 1. The molecule has 0 radical (unpaired) electrons. The standard InChI is InChI=1S/C12H20N2OS/c1-14(11-4-7-15-10-11)6-5-13-9-12-3-2-8-16-12/h2-3,8,11,13H,4-7,9-10H2,1H3. The first-order chi connectivity index (χ1) is 7.86. The second-order valence-electron chi connectivity index (χ2n) is 4.25. The molecule has 1 aliphatic rings. The van der Waals surface area contributed by atoms with Crippen LogP contribution in [0, 0.1) is 0 Å². The van der Waals surface area contributed by atoms with Crippen molar-refractivity contribution in [3.05, 3.63) is 22.4 Å². The minimum absolute atomic E-state index is 0.628. The van der Waals surface area contributed by atoms with E-state index in [0.717, 1.165) is 32.8 Å². The van der Waals surface area contributed by atoms with Crippen molar-refractivity contribution in [2.45, 2.75) is 19.0 Å². The molecule has 0 amide bonds. The van der Waals surface area contributed by atoms with Crippen molar-refractivity contribution in [3.63, 3.8) is 0 Å². The van der Waals surface area contributed by atoms with Gasteiger partial charge in [0.2, 0.25) is 0 Å². The Labute approximate surface area is 101 Å². The molecule has 0 aromatic carbocycles. The number of likely N-dealkylation sites (N-methyl/N-ethyl adjacent to an activating group) is 1. The van der Waals surface area contributed by atoms with Crippen molar-refractivity contribution in [1.29, 1.82) is 0 Å². The fourth-order valence-corrected chi connectivity index (χ4v) is 2.61. The summed E-state index contributed by atoms with van der Waals surface area (Å²) >= 11 is 1.81. The van der Waals surface area contributed by atoms with Crippen molar-refractivity contribution >= 4 is 11.3 Å². The first-order valence-corrected chi connectivity index (χ1v) is 6.75. The van der Waals surface area contributed by atoms with Gasteiger partial charge in [-0.1, -0.05) is 6.07 Å². The summed E-state index contributed by atoms with van der Waals surface area (Å²) in [6.45, 7) is 4.97. The third-order valence-electron chi connectivity index (χ3n) is 3.05. The molecular formula is C12H20N2OS. The predicted molar refractivity (Wildman–Crippen MR) is 67.9 cm³/mol. The van der Waals surface area contributed by atoms with Crippen molar-refractivity contribution in [3.8, 4) is 0 Å². The molecule has 1 N–H and O–H groups in total. The largest absolute Gasteiger partial charge is 0.380 e. The molecule has 0 spiro atoms. The van der Waals surface area contributed by atoms with Crippen LogP contribution in [0.4, 0.5) is 0 Å². The molecule has 2 heterocycles. The van der Waals surface area contributed by atoms with Crippen molar-refractivity contribution < 1.29 is 4.74 Å². The molecule has 16 heavy (non-hydrogen) atoms. The van der Waals surface area contributed by atoms with Crippen LogP contribution >= 0.6 is 11.3 Å². The van der Waals surface area contributed by atoms with E-state index in [2.05, 4.69) is 34.8 Å². The summed E-state index contributed by atoms with van der Waals surface area (Å²) in [6.07, 6.45) is 1.18. The van der Waals surface area contributed by atoms with Gasteiger partial charge >= 0.3 is 0 Å². The molecule has 3 nitrogen and oxygen atoms in total. The molecule has 1 aromatic heterocycles. The molecule has 1 aliphatic heterocycles. The normalized spacial score (nSPS) is 20.8. The average Bonchev–Trinajstić information content (AvgIpc) is 2.96. The predicted octanol–water partition coefficient (Wildman–Crippen LogP) is 1.56. The van der Waals surface area contributed by atoms with Crippen LogP contribution in [0.25, 0.3) is 0 Å². The van der Waals surface area contributed by atoms with Crippen LogP contribution in [-0.2, 0) is 11.3 Å². The highest BCUT2D eigenvalue weighted by Crippen LogP contribution is 2.10. The SMILES string of the molecule is CN(CCNCc1cccs1)C1CCOC1. The van der Waals surface area contributed by atoms with E-state index in [4.69, 9.17) is 4.74 Å². The zero-order valence-corrected chi connectivity index (χ0v) is 10.6. The van der Waals surface area contributed by atoms with Crippen LogP contribution in [0.3, 0.4) is 0 Å². The summed E-state index contributed by atoms with van der Waals surface area (Å²) in [5, 5.41) is 5.59. The number of nitrogens with one attached hydrogen (secondary N) is 1. The van der Waals surface area contributed by atoms with Gasteiger partial charge < -0.3 is 10.1 Å². The number of hydrogen-bond acceptors (Lipinski definition) is 4. The third kappa shape index (κ3) is 3.56. The number of thiophene rings is 1. The molecule has 1 atom stereocenters. The van der Waals surface area contributed by atoms with Crippen LogP contribution in [0.15, 0.2) is 17.5 Å². The Morgan fingerprint density at radius 1 is 1.62 bits per heavy atom. The topological polar surface area (TPSA) is 24.5 Å². The van der Waals surface area contributed by atoms with E-state index >= 15 is 0 Å². The van der Waals surface area contributed by atoms with E-state index in [1.54, 1.807) is 0 Å². The highest BCUT2D eigenvalue weighted by Gasteiger charge is 2.19. The van der Waals surface area contributed by atoms with Gasteiger partial charge in [0.05, 0.1) is 6.61 Å². The van der Waals surface area contributed by atoms with Crippen molar-refractivity contribution in [1.82, 2.24) is 10.2 Å². The Morgan fingerprint density at radius 2 is 2.56 bits per heavy atom. The monoisotopic (exact) mass is 240 g/mol. The molecule has 0 bridgehead atoms. The van der Waals surface area contributed by atoms with Crippen molar-refractivity contribution in [2.75, 3.05) is 33.4 Å². The van der Waals surface area contributed by atoms with E-state index in [-0.39, 0.29) is 0 Å². The van der Waals surface area contributed by atoms with E-state index in [1.807, 2.05) is 11.3 Å². The van der Waals surface area contributed by atoms with Gasteiger partial charge in [-0.05, 0) is 24.9 Å². The fraction of sp³-hybridized carbons (Fsp3) is 0.667. The second-order valence-corrected chi connectivity index (χ2v) is 5.29. The van der Waals surface area contributed by atoms with Gasteiger partial charge in [-0.3, -0.25) is 4.90 Å². The molecule has 2 rings (SSSR count). The summed E-state index contributed by atoms with van der Waals surface area (Å²) in [5.41, 5.74) is 0. The Kier molecular flexibility index (Phi) is 4.78. The lowest BCUT2D eigenvalue weighted by Crippen LogP contribution is -2.37. The summed E-state index contributed by atoms with van der Waals surface area (Å²) in [7, 11) is 2.19. The number of nitrogens with zero attached hydrogens (tertiary/aromatic N) is 1. The van der Waals surface area contributed by atoms with Gasteiger partial charge in [-0.15, -0.1) is 11.3 Å². The zero-order valence-electron chi connectivity index (χ0n) is 9.82. The second kappa shape index (κ2) is 6.35. The number of rotatable bonds is 6. The fourth-order valence-electron chi connectivity index (χ4n) is 1.93. The van der Waals surface area contributed by atoms with Gasteiger partial charge in [0.1, 0.15) is 0 Å². The van der Waals surface area contributed by atoms with Crippen LogP contribution in [0.2, 0.25) is 0 Å². The Bertz CT molecular complexity index is 283. The van der Waals surface area contributed by atoms with E-state index in [0.29, 0.717) is 6.04 Å². The number of hydrogen-bond donors (Lipinski definition) is 1. The van der Waals surface area contributed by atoms with Crippen LogP contribution < -0.4 is 5.32 Å². The highest BCUT2D eigenvalue weighted by molar-refractivity contribution is 7.09. The molecule has 4 heteroatoms. The van der Waals surface area contributed by atoms with Gasteiger partial charge in [-0.25, -0.2) is 0 Å². The molecule has 1 saturated heterocycles. The van der Waals surface area contributed by atoms with Crippen LogP contribution in [0.1, 0.15) is 11.3 Å². The molecular weight excluding hydrogens is 220 g/mol. The smallest absolute Gasteiger partial charge is 0.0622 e. The summed E-state index contributed by atoms with van der Waals surface area (Å²) in [6, 6.07) is 4.90. The molecule has 90 valence electrons. The van der Waals surface area contributed by atoms with E-state index in [9.17, 15) is 0 Å². The van der Waals surface area contributed by atoms with Crippen molar-refractivity contribution in [2.24, 2.45) is 0 Å².